The van der Waals surface area contributed by atoms with E-state index in [4.69, 9.17) is 4.74 Å². The van der Waals surface area contributed by atoms with E-state index in [0.29, 0.717) is 12.1 Å². The lowest BCUT2D eigenvalue weighted by Crippen LogP contribution is -2.32. The zero-order valence-corrected chi connectivity index (χ0v) is 18.5. The Morgan fingerprint density at radius 3 is 2.31 bits per heavy atom. The second-order valence-corrected chi connectivity index (χ2v) is 9.18. The summed E-state index contributed by atoms with van der Waals surface area (Å²) >= 11 is 0. The van der Waals surface area contributed by atoms with Crippen molar-refractivity contribution < 1.29 is 17.9 Å². The summed E-state index contributed by atoms with van der Waals surface area (Å²) in [4.78, 5) is 12.3. The largest absolute Gasteiger partial charge is 0.497 e. The van der Waals surface area contributed by atoms with Crippen LogP contribution in [0.15, 0.2) is 42.5 Å². The highest BCUT2D eigenvalue weighted by molar-refractivity contribution is 7.92. The lowest BCUT2D eigenvalue weighted by atomic mass is 10.1. The molecule has 0 spiro atoms. The molecule has 0 unspecified atom stereocenters. The maximum absolute atomic E-state index is 12.3. The predicted molar refractivity (Wildman–Crippen MR) is 117 cm³/mol. The van der Waals surface area contributed by atoms with Gasteiger partial charge >= 0.3 is 0 Å². The fraction of sp³-hybridized carbons (Fsp3) is 0.409. The Labute approximate surface area is 173 Å². The van der Waals surface area contributed by atoms with Gasteiger partial charge in [0.2, 0.25) is 15.9 Å². The number of benzene rings is 2. The quantitative estimate of drug-likeness (QED) is 0.673. The Kier molecular flexibility index (Phi) is 7.67. The van der Waals surface area contributed by atoms with Crippen molar-refractivity contribution in [2.45, 2.75) is 39.7 Å². The van der Waals surface area contributed by atoms with Crippen LogP contribution in [0.1, 0.15) is 42.5 Å². The first kappa shape index (κ1) is 22.7. The molecule has 0 fully saturated rings. The molecule has 0 aliphatic heterocycles. The van der Waals surface area contributed by atoms with E-state index < -0.39 is 10.0 Å². The average molecular weight is 419 g/mol. The van der Waals surface area contributed by atoms with Gasteiger partial charge in [0.15, 0.2) is 0 Å². The van der Waals surface area contributed by atoms with Gasteiger partial charge in [-0.15, -0.1) is 0 Å². The van der Waals surface area contributed by atoms with Crippen LogP contribution < -0.4 is 14.4 Å². The lowest BCUT2D eigenvalue weighted by Gasteiger charge is -2.23. The van der Waals surface area contributed by atoms with Crippen LogP contribution in [0.5, 0.6) is 5.75 Å². The molecule has 0 saturated heterocycles. The van der Waals surface area contributed by atoms with Crippen molar-refractivity contribution >= 4 is 21.6 Å². The lowest BCUT2D eigenvalue weighted by molar-refractivity contribution is -0.121. The number of rotatable bonds is 9. The minimum atomic E-state index is -3.43. The minimum Gasteiger partial charge on any atom is -0.497 e. The molecule has 0 bridgehead atoms. The van der Waals surface area contributed by atoms with E-state index in [1.807, 2.05) is 57.2 Å². The zero-order chi connectivity index (χ0) is 21.6. The van der Waals surface area contributed by atoms with Crippen LogP contribution in [-0.4, -0.2) is 34.2 Å². The summed E-state index contributed by atoms with van der Waals surface area (Å²) in [5.74, 6) is 0.654. The number of nitrogens with zero attached hydrogens (tertiary/aromatic N) is 1. The first-order valence-electron chi connectivity index (χ1n) is 9.60. The molecule has 0 aliphatic rings. The van der Waals surface area contributed by atoms with Gasteiger partial charge in [0, 0.05) is 13.0 Å². The molecule has 1 amide bonds. The molecule has 2 aromatic carbocycles. The number of hydrogen-bond acceptors (Lipinski definition) is 4. The highest BCUT2D eigenvalue weighted by Crippen LogP contribution is 2.22. The van der Waals surface area contributed by atoms with Crippen LogP contribution in [-0.2, 0) is 14.8 Å². The maximum Gasteiger partial charge on any atom is 0.232 e. The van der Waals surface area contributed by atoms with Gasteiger partial charge in [-0.1, -0.05) is 18.2 Å². The van der Waals surface area contributed by atoms with Gasteiger partial charge in [-0.25, -0.2) is 8.42 Å². The van der Waals surface area contributed by atoms with Crippen LogP contribution in [0.4, 0.5) is 5.69 Å². The predicted octanol–water partition coefficient (Wildman–Crippen LogP) is 3.74. The van der Waals surface area contributed by atoms with Gasteiger partial charge in [0.25, 0.3) is 0 Å². The zero-order valence-electron chi connectivity index (χ0n) is 17.7. The molecule has 0 radical (unpaired) electrons. The van der Waals surface area contributed by atoms with Crippen molar-refractivity contribution in [2.24, 2.45) is 0 Å². The second-order valence-electron chi connectivity index (χ2n) is 7.27. The summed E-state index contributed by atoms with van der Waals surface area (Å²) in [5, 5.41) is 2.95. The third-order valence-corrected chi connectivity index (χ3v) is 6.13. The van der Waals surface area contributed by atoms with Crippen molar-refractivity contribution in [1.29, 1.82) is 0 Å². The number of carbonyl (C=O) groups is 1. The van der Waals surface area contributed by atoms with Gasteiger partial charge in [-0.3, -0.25) is 9.10 Å². The van der Waals surface area contributed by atoms with Crippen molar-refractivity contribution in [1.82, 2.24) is 5.32 Å². The van der Waals surface area contributed by atoms with Crippen LogP contribution in [0, 0.1) is 13.8 Å². The Morgan fingerprint density at radius 2 is 1.76 bits per heavy atom. The van der Waals surface area contributed by atoms with Gasteiger partial charge < -0.3 is 10.1 Å². The maximum atomic E-state index is 12.3. The Balaban J connectivity index is 1.94. The highest BCUT2D eigenvalue weighted by atomic mass is 32.2. The number of anilines is 1. The number of amides is 1. The molecule has 1 atom stereocenters. The first-order valence-corrected chi connectivity index (χ1v) is 11.4. The highest BCUT2D eigenvalue weighted by Gasteiger charge is 2.18. The third-order valence-electron chi connectivity index (χ3n) is 4.94. The molecule has 7 heteroatoms. The molecule has 2 rings (SSSR count). The smallest absolute Gasteiger partial charge is 0.232 e. The van der Waals surface area contributed by atoms with Gasteiger partial charge in [-0.2, -0.15) is 0 Å². The Hall–Kier alpha value is -2.54. The van der Waals surface area contributed by atoms with E-state index in [1.165, 1.54) is 10.6 Å². The summed E-state index contributed by atoms with van der Waals surface area (Å²) in [6.07, 6.45) is 1.87. The van der Waals surface area contributed by atoms with Crippen molar-refractivity contribution in [3.8, 4) is 5.75 Å². The molecule has 6 nitrogen and oxygen atoms in total. The van der Waals surface area contributed by atoms with Crippen LogP contribution in [0.25, 0.3) is 0 Å². The average Bonchev–Trinajstić information content (AvgIpc) is 2.66. The van der Waals surface area contributed by atoms with Crippen molar-refractivity contribution in [3.05, 3.63) is 59.2 Å². The van der Waals surface area contributed by atoms with Crippen LogP contribution >= 0.6 is 0 Å². The fourth-order valence-electron chi connectivity index (χ4n) is 3.04. The number of carbonyl (C=O) groups excluding carboxylic acids is 1. The molecule has 2 aromatic rings. The molecule has 29 heavy (non-hydrogen) atoms. The van der Waals surface area contributed by atoms with Gasteiger partial charge in [0.1, 0.15) is 5.75 Å². The first-order chi connectivity index (χ1) is 13.6. The summed E-state index contributed by atoms with van der Waals surface area (Å²) in [6, 6.07) is 13.0. The third kappa shape index (κ3) is 6.49. The van der Waals surface area contributed by atoms with E-state index in [-0.39, 0.29) is 24.9 Å². The molecular formula is C22H30N2O4S. The normalized spacial score (nSPS) is 12.3. The standard InChI is InChI=1S/C22H30N2O4S/c1-16-8-11-20(15-17(16)2)24(29(5,26)27)14-6-7-22(25)23-18(3)19-9-12-21(28-4)13-10-19/h8-13,15,18H,6-7,14H2,1-5H3,(H,23,25)/t18-/m0/s1. The van der Waals surface area contributed by atoms with Gasteiger partial charge in [0.05, 0.1) is 25.1 Å². The van der Waals surface area contributed by atoms with Crippen LogP contribution in [0.3, 0.4) is 0 Å². The molecule has 158 valence electrons. The van der Waals surface area contributed by atoms with E-state index in [0.717, 1.165) is 22.4 Å². The fourth-order valence-corrected chi connectivity index (χ4v) is 4.00. The number of aryl methyl sites for hydroxylation is 2. The molecule has 0 saturated carbocycles. The van der Waals surface area contributed by atoms with E-state index >= 15 is 0 Å². The molecular weight excluding hydrogens is 388 g/mol. The summed E-state index contributed by atoms with van der Waals surface area (Å²) in [6.45, 7) is 6.11. The molecule has 1 N–H and O–H groups in total. The number of sulfonamides is 1. The van der Waals surface area contributed by atoms with Gasteiger partial charge in [-0.05, 0) is 68.1 Å². The SMILES string of the molecule is COc1ccc([C@H](C)NC(=O)CCCN(c2ccc(C)c(C)c2)S(C)(=O)=O)cc1. The van der Waals surface area contributed by atoms with E-state index in [9.17, 15) is 13.2 Å². The number of hydrogen-bond donors (Lipinski definition) is 1. The van der Waals surface area contributed by atoms with E-state index in [1.54, 1.807) is 13.2 Å². The summed E-state index contributed by atoms with van der Waals surface area (Å²) in [7, 11) is -1.82. The molecule has 0 aromatic heterocycles. The Bertz CT molecular complexity index is 940. The Morgan fingerprint density at radius 1 is 1.10 bits per heavy atom. The molecule has 0 aliphatic carbocycles. The number of ether oxygens (including phenoxy) is 1. The number of methoxy groups -OCH3 is 1. The van der Waals surface area contributed by atoms with E-state index in [2.05, 4.69) is 5.32 Å². The number of nitrogens with one attached hydrogen (secondary N) is 1. The van der Waals surface area contributed by atoms with Crippen molar-refractivity contribution in [2.75, 3.05) is 24.2 Å². The van der Waals surface area contributed by atoms with Crippen LogP contribution in [0.2, 0.25) is 0 Å². The topological polar surface area (TPSA) is 75.7 Å². The summed E-state index contributed by atoms with van der Waals surface area (Å²) < 4.78 is 31.0. The second kappa shape index (κ2) is 9.78. The molecule has 0 heterocycles. The minimum absolute atomic E-state index is 0.109. The summed E-state index contributed by atoms with van der Waals surface area (Å²) in [5.41, 5.74) is 3.74. The monoisotopic (exact) mass is 418 g/mol. The van der Waals surface area contributed by atoms with Crippen molar-refractivity contribution in [3.63, 3.8) is 0 Å².